The van der Waals surface area contributed by atoms with Gasteiger partial charge in [-0.25, -0.2) is 0 Å². The molecule has 0 aliphatic heterocycles. The Morgan fingerprint density at radius 2 is 1.97 bits per heavy atom. The fourth-order valence-corrected chi connectivity index (χ4v) is 3.63. The first kappa shape index (κ1) is 22.2. The number of nitrogens with zero attached hydrogens (tertiary/aromatic N) is 2. The van der Waals surface area contributed by atoms with Gasteiger partial charge < -0.3 is 10.6 Å². The van der Waals surface area contributed by atoms with Crippen LogP contribution in [0.1, 0.15) is 32.0 Å². The van der Waals surface area contributed by atoms with Crippen LogP contribution in [0, 0.1) is 0 Å². The van der Waals surface area contributed by atoms with E-state index in [1.165, 1.54) is 16.7 Å². The summed E-state index contributed by atoms with van der Waals surface area (Å²) >= 11 is 0. The molecule has 0 radical (unpaired) electrons. The number of aromatic amines is 1. The normalized spacial score (nSPS) is 13.3. The molecule has 0 bridgehead atoms. The van der Waals surface area contributed by atoms with Crippen molar-refractivity contribution in [2.75, 3.05) is 25.5 Å². The number of benzene rings is 2. The average molecular weight is 414 g/mol. The van der Waals surface area contributed by atoms with E-state index in [-0.39, 0.29) is 0 Å². The summed E-state index contributed by atoms with van der Waals surface area (Å²) in [5.74, 6) is 0.725. The Hall–Kier alpha value is -3.44. The molecule has 0 atom stereocenters. The van der Waals surface area contributed by atoms with Crippen molar-refractivity contribution < 1.29 is 0 Å². The van der Waals surface area contributed by atoms with Gasteiger partial charge in [0, 0.05) is 24.7 Å². The summed E-state index contributed by atoms with van der Waals surface area (Å²) in [5, 5.41) is 15.5. The molecule has 31 heavy (non-hydrogen) atoms. The maximum Gasteiger partial charge on any atom is 0.154 e. The topological polar surface area (TPSA) is 65.1 Å². The molecule has 0 saturated heterocycles. The molecule has 5 nitrogen and oxygen atoms in total. The molecular weight excluding hydrogens is 382 g/mol. The van der Waals surface area contributed by atoms with Crippen molar-refractivity contribution in [3.05, 3.63) is 89.7 Å². The monoisotopic (exact) mass is 413 g/mol. The Morgan fingerprint density at radius 1 is 1.19 bits per heavy atom. The number of aromatic nitrogens is 2. The van der Waals surface area contributed by atoms with Crippen LogP contribution >= 0.6 is 0 Å². The maximum atomic E-state index is 4.55. The van der Waals surface area contributed by atoms with E-state index in [4.69, 9.17) is 0 Å². The number of aliphatic imine (C=N–C) groups is 1. The van der Waals surface area contributed by atoms with Crippen LogP contribution in [0.15, 0.2) is 83.4 Å². The number of fused-ring (bicyclic) bond motifs is 1. The van der Waals surface area contributed by atoms with Gasteiger partial charge in [-0.15, -0.1) is 0 Å². The first-order valence-corrected chi connectivity index (χ1v) is 10.6. The van der Waals surface area contributed by atoms with E-state index >= 15 is 0 Å². The van der Waals surface area contributed by atoms with Gasteiger partial charge in [0.2, 0.25) is 0 Å². The number of para-hydroxylation sites is 1. The minimum Gasteiger partial charge on any atom is -0.339 e. The van der Waals surface area contributed by atoms with Gasteiger partial charge in [-0.3, -0.25) is 10.1 Å². The van der Waals surface area contributed by atoms with Crippen LogP contribution in [0.4, 0.5) is 5.69 Å². The molecule has 2 aromatic carbocycles. The van der Waals surface area contributed by atoms with E-state index in [1.807, 2.05) is 36.4 Å². The zero-order chi connectivity index (χ0) is 22.2. The second-order valence-electron chi connectivity index (χ2n) is 7.23. The quantitative estimate of drug-likeness (QED) is 0.257. The number of amidine groups is 1. The van der Waals surface area contributed by atoms with E-state index < -0.39 is 0 Å². The highest BCUT2D eigenvalue weighted by Crippen LogP contribution is 2.29. The van der Waals surface area contributed by atoms with Gasteiger partial charge in [-0.1, -0.05) is 49.9 Å². The van der Waals surface area contributed by atoms with Crippen LogP contribution in [-0.2, 0) is 0 Å². The summed E-state index contributed by atoms with van der Waals surface area (Å²) in [7, 11) is 1.77. The first-order chi connectivity index (χ1) is 15.1. The third kappa shape index (κ3) is 5.01. The van der Waals surface area contributed by atoms with Crippen molar-refractivity contribution in [1.82, 2.24) is 15.5 Å². The van der Waals surface area contributed by atoms with Gasteiger partial charge in [0.25, 0.3) is 0 Å². The molecule has 3 aromatic rings. The zero-order valence-corrected chi connectivity index (χ0v) is 18.8. The fourth-order valence-electron chi connectivity index (χ4n) is 3.63. The van der Waals surface area contributed by atoms with Crippen LogP contribution < -0.4 is 10.6 Å². The third-order valence-corrected chi connectivity index (χ3v) is 5.34. The minimum atomic E-state index is 0.725. The lowest BCUT2D eigenvalue weighted by atomic mass is 9.93. The fraction of sp³-hybridized carbons (Fsp3) is 0.231. The molecule has 1 heterocycles. The summed E-state index contributed by atoms with van der Waals surface area (Å²) in [6.45, 7) is 12.1. The maximum absolute atomic E-state index is 4.55. The highest BCUT2D eigenvalue weighted by Gasteiger charge is 2.15. The van der Waals surface area contributed by atoms with Crippen molar-refractivity contribution >= 4 is 28.0 Å². The number of rotatable bonds is 8. The molecule has 3 N–H and O–H groups in total. The summed E-state index contributed by atoms with van der Waals surface area (Å²) in [6.07, 6.45) is 4.09. The largest absolute Gasteiger partial charge is 0.339 e. The highest BCUT2D eigenvalue weighted by molar-refractivity contribution is 6.14. The van der Waals surface area contributed by atoms with Crippen molar-refractivity contribution in [1.29, 1.82) is 0 Å². The Bertz CT molecular complexity index is 1130. The van der Waals surface area contributed by atoms with E-state index in [2.05, 4.69) is 77.4 Å². The van der Waals surface area contributed by atoms with E-state index in [0.29, 0.717) is 0 Å². The summed E-state index contributed by atoms with van der Waals surface area (Å²) < 4.78 is 0. The molecule has 0 unspecified atom stereocenters. The lowest BCUT2D eigenvalue weighted by Crippen LogP contribution is -2.16. The number of allylic oxidation sites excluding steroid dienone is 3. The van der Waals surface area contributed by atoms with E-state index in [0.717, 1.165) is 46.8 Å². The first-order valence-electron chi connectivity index (χ1n) is 10.6. The van der Waals surface area contributed by atoms with Gasteiger partial charge in [-0.05, 0) is 66.9 Å². The number of anilines is 1. The van der Waals surface area contributed by atoms with Crippen molar-refractivity contribution in [2.24, 2.45) is 4.99 Å². The molecule has 0 saturated carbocycles. The molecule has 0 aliphatic rings. The van der Waals surface area contributed by atoms with Crippen LogP contribution in [0.3, 0.4) is 0 Å². The highest BCUT2D eigenvalue weighted by atomic mass is 15.1. The predicted octanol–water partition coefficient (Wildman–Crippen LogP) is 5.57. The van der Waals surface area contributed by atoms with Gasteiger partial charge >= 0.3 is 0 Å². The van der Waals surface area contributed by atoms with E-state index in [1.54, 1.807) is 7.05 Å². The average Bonchev–Trinajstić information content (AvgIpc) is 3.22. The molecule has 0 amide bonds. The molecule has 3 rings (SSSR count). The van der Waals surface area contributed by atoms with Crippen LogP contribution in [-0.4, -0.2) is 36.2 Å². The van der Waals surface area contributed by atoms with Gasteiger partial charge in [0.15, 0.2) is 5.84 Å². The van der Waals surface area contributed by atoms with Crippen LogP contribution in [0.5, 0.6) is 0 Å². The second-order valence-corrected chi connectivity index (χ2v) is 7.23. The van der Waals surface area contributed by atoms with Gasteiger partial charge in [-0.2, -0.15) is 5.10 Å². The smallest absolute Gasteiger partial charge is 0.154 e. The Balaban J connectivity index is 2.02. The minimum absolute atomic E-state index is 0.725. The molecule has 0 fully saturated rings. The Kier molecular flexibility index (Phi) is 7.57. The van der Waals surface area contributed by atoms with Crippen LogP contribution in [0.25, 0.3) is 16.5 Å². The zero-order valence-electron chi connectivity index (χ0n) is 18.8. The van der Waals surface area contributed by atoms with Crippen molar-refractivity contribution in [3.63, 3.8) is 0 Å². The number of hydrogen-bond donors (Lipinski definition) is 3. The predicted molar refractivity (Wildman–Crippen MR) is 134 cm³/mol. The summed E-state index contributed by atoms with van der Waals surface area (Å²) in [4.78, 5) is 4.46. The van der Waals surface area contributed by atoms with Crippen molar-refractivity contribution in [3.8, 4) is 0 Å². The SMILES string of the molecule is C=C/C(CNCC)=C(C)\C(=C/C)c1ccc2[nH]nc(C(=NC)Nc3ccccc3)c2c1. The summed E-state index contributed by atoms with van der Waals surface area (Å²) in [5.41, 5.74) is 7.50. The molecule has 0 spiro atoms. The molecule has 5 heteroatoms. The van der Waals surface area contributed by atoms with E-state index in [9.17, 15) is 0 Å². The standard InChI is InChI=1S/C26H31N5/c1-6-19(17-28-8-3)18(4)22(7-2)20-14-15-24-23(16-20)25(31-30-24)26(27-5)29-21-12-10-9-11-13-21/h6-7,9-16,28H,1,8,17H2,2-5H3,(H,27,29)(H,30,31)/b19-18+,22-7+. The number of hydrogen-bond acceptors (Lipinski definition) is 3. The lowest BCUT2D eigenvalue weighted by Gasteiger charge is -2.14. The van der Waals surface area contributed by atoms with Gasteiger partial charge in [0.05, 0.1) is 5.52 Å². The second kappa shape index (κ2) is 10.5. The molecule has 1 aromatic heterocycles. The Morgan fingerprint density at radius 3 is 2.61 bits per heavy atom. The number of H-pyrrole nitrogens is 1. The Labute approximate surface area is 184 Å². The number of nitrogens with one attached hydrogen (secondary N) is 3. The van der Waals surface area contributed by atoms with Crippen molar-refractivity contribution in [2.45, 2.75) is 20.8 Å². The molecule has 160 valence electrons. The molecular formula is C26H31N5. The summed E-state index contributed by atoms with van der Waals surface area (Å²) in [6, 6.07) is 16.4. The van der Waals surface area contributed by atoms with Crippen LogP contribution in [0.2, 0.25) is 0 Å². The third-order valence-electron chi connectivity index (χ3n) is 5.34. The van der Waals surface area contributed by atoms with Gasteiger partial charge in [0.1, 0.15) is 5.69 Å². The number of likely N-dealkylation sites (N-methyl/N-ethyl adjacent to an activating group) is 1. The molecule has 0 aliphatic carbocycles. The lowest BCUT2D eigenvalue weighted by molar-refractivity contribution is 0.782.